The van der Waals surface area contributed by atoms with Gasteiger partial charge in [-0.15, -0.1) is 0 Å². The number of hydrogen-bond acceptors (Lipinski definition) is 2. The van der Waals surface area contributed by atoms with E-state index in [1.165, 1.54) is 25.7 Å². The SMILES string of the molecule is CCC1CCCCN1CCC(=O)Nc1ccc(C)c(Cl)c1. The summed E-state index contributed by atoms with van der Waals surface area (Å²) >= 11 is 6.07. The first-order valence-corrected chi connectivity index (χ1v) is 8.28. The fourth-order valence-corrected chi connectivity index (χ4v) is 3.14. The number of amides is 1. The summed E-state index contributed by atoms with van der Waals surface area (Å²) < 4.78 is 0. The van der Waals surface area contributed by atoms with Crippen molar-refractivity contribution in [1.29, 1.82) is 0 Å². The summed E-state index contributed by atoms with van der Waals surface area (Å²) in [5.41, 5.74) is 1.80. The van der Waals surface area contributed by atoms with Crippen LogP contribution in [0.15, 0.2) is 18.2 Å². The van der Waals surface area contributed by atoms with Crippen molar-refractivity contribution in [2.24, 2.45) is 0 Å². The second kappa shape index (κ2) is 7.81. The van der Waals surface area contributed by atoms with E-state index in [2.05, 4.69) is 17.1 Å². The minimum absolute atomic E-state index is 0.0651. The third-order valence-electron chi connectivity index (χ3n) is 4.30. The summed E-state index contributed by atoms with van der Waals surface area (Å²) in [5, 5.41) is 3.62. The minimum atomic E-state index is 0.0651. The first kappa shape index (κ1) is 16.3. The maximum Gasteiger partial charge on any atom is 0.225 e. The first-order chi connectivity index (χ1) is 10.1. The van der Waals surface area contributed by atoms with Gasteiger partial charge in [0.25, 0.3) is 0 Å². The molecule has 0 aliphatic carbocycles. The van der Waals surface area contributed by atoms with E-state index in [9.17, 15) is 4.79 Å². The molecule has 1 aliphatic rings. The summed E-state index contributed by atoms with van der Waals surface area (Å²) in [5.74, 6) is 0.0651. The van der Waals surface area contributed by atoms with Gasteiger partial charge in [0.1, 0.15) is 0 Å². The predicted molar refractivity (Wildman–Crippen MR) is 88.9 cm³/mol. The van der Waals surface area contributed by atoms with Crippen molar-refractivity contribution >= 4 is 23.2 Å². The van der Waals surface area contributed by atoms with Crippen molar-refractivity contribution in [2.45, 2.75) is 52.0 Å². The lowest BCUT2D eigenvalue weighted by atomic mass is 10.00. The zero-order valence-corrected chi connectivity index (χ0v) is 13.7. The highest BCUT2D eigenvalue weighted by Crippen LogP contribution is 2.21. The molecular formula is C17H25ClN2O. The van der Waals surface area contributed by atoms with E-state index in [0.29, 0.717) is 17.5 Å². The number of nitrogens with zero attached hydrogens (tertiary/aromatic N) is 1. The fraction of sp³-hybridized carbons (Fsp3) is 0.588. The Bertz CT molecular complexity index is 490. The molecule has 1 atom stereocenters. The Hall–Kier alpha value is -1.06. The highest BCUT2D eigenvalue weighted by molar-refractivity contribution is 6.31. The van der Waals surface area contributed by atoms with Gasteiger partial charge in [-0.1, -0.05) is 31.0 Å². The standard InChI is InChI=1S/C17H25ClN2O/c1-3-15-6-4-5-10-20(15)11-9-17(21)19-14-8-7-13(2)16(18)12-14/h7-8,12,15H,3-6,9-11H2,1-2H3,(H,19,21). The van der Waals surface area contributed by atoms with Crippen LogP contribution < -0.4 is 5.32 Å². The fourth-order valence-electron chi connectivity index (χ4n) is 2.96. The molecule has 0 radical (unpaired) electrons. The Labute approximate surface area is 132 Å². The van der Waals surface area contributed by atoms with E-state index in [-0.39, 0.29) is 5.91 Å². The van der Waals surface area contributed by atoms with Crippen LogP contribution in [0.5, 0.6) is 0 Å². The van der Waals surface area contributed by atoms with Crippen molar-refractivity contribution < 1.29 is 4.79 Å². The summed E-state index contributed by atoms with van der Waals surface area (Å²) in [7, 11) is 0. The molecule has 21 heavy (non-hydrogen) atoms. The van der Waals surface area contributed by atoms with Crippen LogP contribution in [0.1, 0.15) is 44.6 Å². The molecular weight excluding hydrogens is 284 g/mol. The van der Waals surface area contributed by atoms with Gasteiger partial charge in [-0.3, -0.25) is 9.69 Å². The number of carbonyl (C=O) groups excluding carboxylic acids is 1. The largest absolute Gasteiger partial charge is 0.326 e. The number of anilines is 1. The van der Waals surface area contributed by atoms with E-state index in [1.807, 2.05) is 25.1 Å². The molecule has 1 aliphatic heterocycles. The molecule has 1 N–H and O–H groups in total. The second-order valence-corrected chi connectivity index (χ2v) is 6.26. The Morgan fingerprint density at radius 3 is 2.95 bits per heavy atom. The van der Waals surface area contributed by atoms with Crippen LogP contribution >= 0.6 is 11.6 Å². The van der Waals surface area contributed by atoms with E-state index in [1.54, 1.807) is 0 Å². The molecule has 1 heterocycles. The molecule has 2 rings (SSSR count). The van der Waals surface area contributed by atoms with Gasteiger partial charge in [0.2, 0.25) is 5.91 Å². The maximum absolute atomic E-state index is 12.1. The molecule has 1 fully saturated rings. The van der Waals surface area contributed by atoms with Crippen LogP contribution in [0.4, 0.5) is 5.69 Å². The molecule has 4 heteroatoms. The zero-order chi connectivity index (χ0) is 15.2. The molecule has 1 unspecified atom stereocenters. The smallest absolute Gasteiger partial charge is 0.225 e. The van der Waals surface area contributed by atoms with Crippen molar-refractivity contribution in [1.82, 2.24) is 4.90 Å². The summed E-state index contributed by atoms with van der Waals surface area (Å²) in [6.07, 6.45) is 5.57. The number of aryl methyl sites for hydroxylation is 1. The summed E-state index contributed by atoms with van der Waals surface area (Å²) in [6, 6.07) is 6.29. The normalized spacial score (nSPS) is 19.5. The van der Waals surface area contributed by atoms with Crippen molar-refractivity contribution in [3.8, 4) is 0 Å². The number of piperidine rings is 1. The minimum Gasteiger partial charge on any atom is -0.326 e. The Morgan fingerprint density at radius 2 is 2.24 bits per heavy atom. The molecule has 0 spiro atoms. The van der Waals surface area contributed by atoms with E-state index < -0.39 is 0 Å². The van der Waals surface area contributed by atoms with Gasteiger partial charge in [-0.05, 0) is 50.4 Å². The van der Waals surface area contributed by atoms with Gasteiger partial charge in [-0.2, -0.15) is 0 Å². The lowest BCUT2D eigenvalue weighted by molar-refractivity contribution is -0.116. The van der Waals surface area contributed by atoms with Crippen molar-refractivity contribution in [3.63, 3.8) is 0 Å². The third kappa shape index (κ3) is 4.72. The number of nitrogens with one attached hydrogen (secondary N) is 1. The highest BCUT2D eigenvalue weighted by atomic mass is 35.5. The lowest BCUT2D eigenvalue weighted by Gasteiger charge is -2.35. The Kier molecular flexibility index (Phi) is 6.07. The molecule has 3 nitrogen and oxygen atoms in total. The molecule has 0 saturated carbocycles. The number of halogens is 1. The predicted octanol–water partition coefficient (Wildman–Crippen LogP) is 4.24. The molecule has 0 aromatic heterocycles. The number of likely N-dealkylation sites (tertiary alicyclic amines) is 1. The molecule has 1 aromatic carbocycles. The molecule has 1 saturated heterocycles. The van der Waals surface area contributed by atoms with Crippen LogP contribution in [-0.4, -0.2) is 29.9 Å². The number of carbonyl (C=O) groups is 1. The number of rotatable bonds is 5. The van der Waals surface area contributed by atoms with Crippen LogP contribution in [0.3, 0.4) is 0 Å². The van der Waals surface area contributed by atoms with Crippen molar-refractivity contribution in [3.05, 3.63) is 28.8 Å². The van der Waals surface area contributed by atoms with Gasteiger partial charge in [0.15, 0.2) is 0 Å². The molecule has 0 bridgehead atoms. The average molecular weight is 309 g/mol. The third-order valence-corrected chi connectivity index (χ3v) is 4.71. The van der Waals surface area contributed by atoms with Crippen molar-refractivity contribution in [2.75, 3.05) is 18.4 Å². The molecule has 116 valence electrons. The number of hydrogen-bond donors (Lipinski definition) is 1. The average Bonchev–Trinajstić information content (AvgIpc) is 2.49. The maximum atomic E-state index is 12.1. The lowest BCUT2D eigenvalue weighted by Crippen LogP contribution is -2.40. The second-order valence-electron chi connectivity index (χ2n) is 5.86. The van der Waals surface area contributed by atoms with Crippen LogP contribution in [0.25, 0.3) is 0 Å². The van der Waals surface area contributed by atoms with E-state index >= 15 is 0 Å². The highest BCUT2D eigenvalue weighted by Gasteiger charge is 2.20. The van der Waals surface area contributed by atoms with Gasteiger partial charge in [0.05, 0.1) is 0 Å². The molecule has 1 amide bonds. The van der Waals surface area contributed by atoms with Gasteiger partial charge in [0, 0.05) is 29.7 Å². The summed E-state index contributed by atoms with van der Waals surface area (Å²) in [6.45, 7) is 6.17. The van der Waals surface area contributed by atoms with Gasteiger partial charge >= 0.3 is 0 Å². The van der Waals surface area contributed by atoms with Crippen LogP contribution in [0, 0.1) is 6.92 Å². The summed E-state index contributed by atoms with van der Waals surface area (Å²) in [4.78, 5) is 14.5. The molecule has 1 aromatic rings. The Balaban J connectivity index is 1.82. The topological polar surface area (TPSA) is 32.3 Å². The van der Waals surface area contributed by atoms with E-state index in [0.717, 1.165) is 24.3 Å². The van der Waals surface area contributed by atoms with E-state index in [4.69, 9.17) is 11.6 Å². The van der Waals surface area contributed by atoms with Gasteiger partial charge < -0.3 is 5.32 Å². The monoisotopic (exact) mass is 308 g/mol. The Morgan fingerprint density at radius 1 is 1.43 bits per heavy atom. The quantitative estimate of drug-likeness (QED) is 0.882. The van der Waals surface area contributed by atoms with Crippen LogP contribution in [-0.2, 0) is 4.79 Å². The first-order valence-electron chi connectivity index (χ1n) is 7.90. The van der Waals surface area contributed by atoms with Gasteiger partial charge in [-0.25, -0.2) is 0 Å². The van der Waals surface area contributed by atoms with Crippen LogP contribution in [0.2, 0.25) is 5.02 Å². The number of benzene rings is 1. The zero-order valence-electron chi connectivity index (χ0n) is 13.0.